The van der Waals surface area contributed by atoms with E-state index in [0.29, 0.717) is 4.90 Å². The molecule has 1 N–H and O–H groups in total. The van der Waals surface area contributed by atoms with Crippen molar-refractivity contribution in [3.8, 4) is 0 Å². The summed E-state index contributed by atoms with van der Waals surface area (Å²) in [6, 6.07) is 7.97. The largest absolute Gasteiger partial charge is 0.314 e. The molecule has 0 amide bonds. The predicted octanol–water partition coefficient (Wildman–Crippen LogP) is 2.96. The van der Waals surface area contributed by atoms with E-state index in [9.17, 15) is 8.78 Å². The predicted molar refractivity (Wildman–Crippen MR) is 79.1 cm³/mol. The Morgan fingerprint density at radius 1 is 0.857 bits per heavy atom. The Balaban J connectivity index is 2.29. The van der Waals surface area contributed by atoms with Crippen LogP contribution in [0.15, 0.2) is 48.5 Å². The van der Waals surface area contributed by atoms with E-state index < -0.39 is 43.7 Å². The summed E-state index contributed by atoms with van der Waals surface area (Å²) in [6.45, 7) is -12.1. The van der Waals surface area contributed by atoms with E-state index in [0.717, 1.165) is 24.3 Å². The molecule has 0 bridgehead atoms. The average molecular weight is 296 g/mol. The van der Waals surface area contributed by atoms with Gasteiger partial charge in [0.15, 0.2) is 0 Å². The van der Waals surface area contributed by atoms with Crippen LogP contribution in [0.5, 0.6) is 0 Å². The van der Waals surface area contributed by atoms with Crippen LogP contribution in [0.4, 0.5) is 8.78 Å². The third kappa shape index (κ3) is 3.28. The zero-order chi connectivity index (χ0) is 21.8. The molecule has 1 aliphatic heterocycles. The Labute approximate surface area is 134 Å². The van der Waals surface area contributed by atoms with Gasteiger partial charge in [-0.3, -0.25) is 4.90 Å². The standard InChI is InChI=1S/C17H18F2N2/c18-15-5-1-13(2-6-15)17(21-11-9-20-10-12-21)14-3-7-16(19)8-4-14/h1-8,17,20H,9-12H2/i9D2,10D2,11D2,12D2. The fourth-order valence-electron chi connectivity index (χ4n) is 2.15. The third-order valence-electron chi connectivity index (χ3n) is 3.11. The summed E-state index contributed by atoms with van der Waals surface area (Å²) in [5.74, 6) is -1.19. The molecule has 0 saturated carbocycles. The first kappa shape index (κ1) is 7.47. The molecule has 1 heterocycles. The van der Waals surface area contributed by atoms with Crippen molar-refractivity contribution in [1.29, 1.82) is 0 Å². The highest BCUT2D eigenvalue weighted by Crippen LogP contribution is 2.29. The van der Waals surface area contributed by atoms with E-state index in [2.05, 4.69) is 0 Å². The van der Waals surface area contributed by atoms with Crippen molar-refractivity contribution in [2.75, 3.05) is 26.0 Å². The lowest BCUT2D eigenvalue weighted by Gasteiger charge is -2.35. The molecule has 3 rings (SSSR count). The highest BCUT2D eigenvalue weighted by Gasteiger charge is 2.23. The molecule has 4 heteroatoms. The second-order valence-electron chi connectivity index (χ2n) is 4.47. The van der Waals surface area contributed by atoms with Gasteiger partial charge in [0.1, 0.15) is 11.6 Å². The smallest absolute Gasteiger partial charge is 0.123 e. The fourth-order valence-corrected chi connectivity index (χ4v) is 2.15. The molecule has 1 aliphatic rings. The van der Waals surface area contributed by atoms with Gasteiger partial charge in [-0.05, 0) is 35.4 Å². The number of hydrogen-bond acceptors (Lipinski definition) is 2. The first-order valence-electron chi connectivity index (χ1n) is 10.3. The second-order valence-corrected chi connectivity index (χ2v) is 4.47. The van der Waals surface area contributed by atoms with Gasteiger partial charge >= 0.3 is 0 Å². The van der Waals surface area contributed by atoms with Gasteiger partial charge in [-0.25, -0.2) is 8.78 Å². The number of halogens is 2. The summed E-state index contributed by atoms with van der Waals surface area (Å²) in [5.41, 5.74) is 0.360. The summed E-state index contributed by atoms with van der Waals surface area (Å²) < 4.78 is 92.2. The van der Waals surface area contributed by atoms with Crippen molar-refractivity contribution in [2.45, 2.75) is 6.04 Å². The summed E-state index contributed by atoms with van der Waals surface area (Å²) >= 11 is 0. The molecule has 0 spiro atoms. The van der Waals surface area contributed by atoms with Gasteiger partial charge in [-0.15, -0.1) is 0 Å². The summed E-state index contributed by atoms with van der Waals surface area (Å²) in [6.07, 6.45) is 0. The van der Waals surface area contributed by atoms with Crippen LogP contribution >= 0.6 is 0 Å². The van der Waals surface area contributed by atoms with Crippen molar-refractivity contribution >= 4 is 0 Å². The Hall–Kier alpha value is -1.78. The zero-order valence-corrected chi connectivity index (χ0v) is 10.9. The van der Waals surface area contributed by atoms with E-state index in [1.807, 2.05) is 0 Å². The maximum Gasteiger partial charge on any atom is 0.123 e. The number of piperazine rings is 1. The van der Waals surface area contributed by atoms with E-state index >= 15 is 0 Å². The van der Waals surface area contributed by atoms with Gasteiger partial charge in [-0.1, -0.05) is 24.3 Å². The molecule has 0 aromatic heterocycles. The molecule has 0 atom stereocenters. The first-order chi connectivity index (χ1) is 13.2. The van der Waals surface area contributed by atoms with Gasteiger partial charge in [0, 0.05) is 37.0 Å². The van der Waals surface area contributed by atoms with Crippen molar-refractivity contribution in [2.24, 2.45) is 0 Å². The SMILES string of the molecule is [2H]C1([2H])NC([2H])([2H])C([2H])([2H])N(C(c2ccc(F)cc2)c2ccc(F)cc2)C1([2H])[2H]. The highest BCUT2D eigenvalue weighted by molar-refractivity contribution is 5.32. The van der Waals surface area contributed by atoms with Crippen molar-refractivity contribution in [3.05, 3.63) is 71.3 Å². The Morgan fingerprint density at radius 3 is 1.71 bits per heavy atom. The van der Waals surface area contributed by atoms with Gasteiger partial charge in [0.05, 0.1) is 6.04 Å². The molecule has 2 aromatic carbocycles. The van der Waals surface area contributed by atoms with E-state index in [4.69, 9.17) is 11.0 Å². The molecule has 2 aromatic rings. The molecular formula is C17H18F2N2. The van der Waals surface area contributed by atoms with Crippen LogP contribution in [-0.2, 0) is 0 Å². The van der Waals surface area contributed by atoms with Gasteiger partial charge in [-0.2, -0.15) is 0 Å². The molecule has 110 valence electrons. The Bertz CT molecular complexity index is 816. The maximum atomic E-state index is 13.5. The summed E-state index contributed by atoms with van der Waals surface area (Å²) in [4.78, 5) is 0.441. The monoisotopic (exact) mass is 296 g/mol. The highest BCUT2D eigenvalue weighted by atomic mass is 19.1. The summed E-state index contributed by atoms with van der Waals surface area (Å²) in [7, 11) is 0. The molecular weight excluding hydrogens is 270 g/mol. The Kier molecular flexibility index (Phi) is 2.25. The average Bonchev–Trinajstić information content (AvgIpc) is 2.59. The van der Waals surface area contributed by atoms with Crippen molar-refractivity contribution in [3.63, 3.8) is 0 Å². The number of nitrogens with one attached hydrogen (secondary N) is 1. The van der Waals surface area contributed by atoms with Crippen LogP contribution in [0.2, 0.25) is 0 Å². The minimum atomic E-state index is -3.05. The van der Waals surface area contributed by atoms with Gasteiger partial charge in [0.25, 0.3) is 0 Å². The lowest BCUT2D eigenvalue weighted by molar-refractivity contribution is 0.198. The molecule has 1 fully saturated rings. The van der Waals surface area contributed by atoms with E-state index in [1.165, 1.54) is 24.3 Å². The Morgan fingerprint density at radius 2 is 1.29 bits per heavy atom. The van der Waals surface area contributed by atoms with Crippen LogP contribution in [-0.4, -0.2) is 30.9 Å². The third-order valence-corrected chi connectivity index (χ3v) is 3.11. The first-order valence-corrected chi connectivity index (χ1v) is 6.30. The van der Waals surface area contributed by atoms with Crippen LogP contribution in [0.1, 0.15) is 28.1 Å². The number of benzene rings is 2. The zero-order valence-electron chi connectivity index (χ0n) is 18.9. The molecule has 0 aliphatic carbocycles. The minimum absolute atomic E-state index is 0.180. The van der Waals surface area contributed by atoms with E-state index in [1.54, 1.807) is 5.32 Å². The van der Waals surface area contributed by atoms with Crippen molar-refractivity contribution in [1.82, 2.24) is 10.2 Å². The topological polar surface area (TPSA) is 15.3 Å². The second kappa shape index (κ2) is 6.33. The number of rotatable bonds is 3. The van der Waals surface area contributed by atoms with Crippen LogP contribution in [0, 0.1) is 11.6 Å². The quantitative estimate of drug-likeness (QED) is 0.937. The van der Waals surface area contributed by atoms with Gasteiger partial charge in [0.2, 0.25) is 0 Å². The van der Waals surface area contributed by atoms with E-state index in [-0.39, 0.29) is 11.1 Å². The normalized spacial score (nSPS) is 31.6. The lowest BCUT2D eigenvalue weighted by Crippen LogP contribution is -2.45. The summed E-state index contributed by atoms with van der Waals surface area (Å²) in [5, 5.41) is 1.77. The maximum absolute atomic E-state index is 13.5. The minimum Gasteiger partial charge on any atom is -0.314 e. The fraction of sp³-hybridized carbons (Fsp3) is 0.294. The lowest BCUT2D eigenvalue weighted by atomic mass is 9.96. The van der Waals surface area contributed by atoms with Crippen LogP contribution in [0.3, 0.4) is 0 Å². The molecule has 0 unspecified atom stereocenters. The van der Waals surface area contributed by atoms with Crippen LogP contribution < -0.4 is 5.32 Å². The van der Waals surface area contributed by atoms with Crippen LogP contribution in [0.25, 0.3) is 0 Å². The molecule has 1 saturated heterocycles. The number of nitrogens with zero attached hydrogens (tertiary/aromatic N) is 1. The molecule has 2 nitrogen and oxygen atoms in total. The van der Waals surface area contributed by atoms with Crippen molar-refractivity contribution < 1.29 is 19.7 Å². The van der Waals surface area contributed by atoms with Gasteiger partial charge < -0.3 is 5.32 Å². The number of hydrogen-bond donors (Lipinski definition) is 1. The molecule has 21 heavy (non-hydrogen) atoms. The molecule has 0 radical (unpaired) electrons.